The first-order valence-corrected chi connectivity index (χ1v) is 5.94. The highest BCUT2D eigenvalue weighted by molar-refractivity contribution is 6.42. The van der Waals surface area contributed by atoms with E-state index in [1.165, 1.54) is 4.90 Å². The molecule has 0 aliphatic rings. The van der Waals surface area contributed by atoms with Gasteiger partial charge in [0, 0.05) is 13.6 Å². The largest absolute Gasteiger partial charge is 0.340 e. The molecule has 1 rings (SSSR count). The van der Waals surface area contributed by atoms with E-state index in [-0.39, 0.29) is 5.91 Å². The summed E-state index contributed by atoms with van der Waals surface area (Å²) in [5.41, 5.74) is 0.808. The Bertz CT molecular complexity index is 393. The highest BCUT2D eigenvalue weighted by Gasteiger charge is 2.16. The molecule has 0 saturated heterocycles. The van der Waals surface area contributed by atoms with Crippen molar-refractivity contribution < 1.29 is 4.79 Å². The van der Waals surface area contributed by atoms with Crippen LogP contribution in [0.25, 0.3) is 0 Å². The number of nitrogens with zero attached hydrogens (tertiary/aromatic N) is 1. The van der Waals surface area contributed by atoms with Gasteiger partial charge in [-0.3, -0.25) is 4.79 Å². The monoisotopic (exact) mass is 279 g/mol. The predicted molar refractivity (Wildman–Crippen MR) is 68.3 cm³/mol. The van der Waals surface area contributed by atoms with Crippen LogP contribution >= 0.6 is 34.8 Å². The van der Waals surface area contributed by atoms with Crippen molar-refractivity contribution in [3.63, 3.8) is 0 Å². The summed E-state index contributed by atoms with van der Waals surface area (Å²) >= 11 is 17.6. The number of rotatable bonds is 3. The molecule has 0 aromatic heterocycles. The third kappa shape index (κ3) is 3.27. The van der Waals surface area contributed by atoms with Crippen LogP contribution in [-0.2, 0) is 11.3 Å². The highest BCUT2D eigenvalue weighted by atomic mass is 35.5. The number of alkyl halides is 1. The molecule has 1 amide bonds. The van der Waals surface area contributed by atoms with Crippen molar-refractivity contribution in [1.29, 1.82) is 0 Å². The first-order chi connectivity index (χ1) is 7.43. The van der Waals surface area contributed by atoms with E-state index >= 15 is 0 Å². The first kappa shape index (κ1) is 13.6. The van der Waals surface area contributed by atoms with Crippen LogP contribution in [0.1, 0.15) is 12.5 Å². The molecule has 1 aromatic carbocycles. The highest BCUT2D eigenvalue weighted by Crippen LogP contribution is 2.26. The third-order valence-corrected chi connectivity index (χ3v) is 3.20. The van der Waals surface area contributed by atoms with E-state index in [4.69, 9.17) is 34.8 Å². The average Bonchev–Trinajstić information content (AvgIpc) is 2.23. The topological polar surface area (TPSA) is 20.3 Å². The van der Waals surface area contributed by atoms with Gasteiger partial charge in [-0.05, 0) is 18.6 Å². The second-order valence-corrected chi connectivity index (χ2v) is 4.96. The van der Waals surface area contributed by atoms with Gasteiger partial charge in [0.25, 0.3) is 0 Å². The summed E-state index contributed by atoms with van der Waals surface area (Å²) in [6.45, 7) is 2.04. The van der Waals surface area contributed by atoms with Crippen LogP contribution in [0.2, 0.25) is 10.0 Å². The molecule has 0 spiro atoms. The van der Waals surface area contributed by atoms with Gasteiger partial charge in [-0.15, -0.1) is 11.6 Å². The number of carbonyl (C=O) groups is 1. The number of benzene rings is 1. The maximum Gasteiger partial charge on any atom is 0.240 e. The van der Waals surface area contributed by atoms with Crippen molar-refractivity contribution in [3.8, 4) is 0 Å². The van der Waals surface area contributed by atoms with Crippen molar-refractivity contribution in [3.05, 3.63) is 33.8 Å². The van der Waals surface area contributed by atoms with Gasteiger partial charge in [-0.2, -0.15) is 0 Å². The van der Waals surface area contributed by atoms with Gasteiger partial charge < -0.3 is 4.90 Å². The minimum absolute atomic E-state index is 0.141. The van der Waals surface area contributed by atoms with E-state index in [1.807, 2.05) is 6.07 Å². The number of halogens is 3. The molecule has 0 aliphatic heterocycles. The van der Waals surface area contributed by atoms with E-state index in [0.717, 1.165) is 5.56 Å². The van der Waals surface area contributed by atoms with Gasteiger partial charge in [0.15, 0.2) is 0 Å². The van der Waals surface area contributed by atoms with Crippen LogP contribution in [-0.4, -0.2) is 23.2 Å². The Morgan fingerprint density at radius 1 is 1.44 bits per heavy atom. The van der Waals surface area contributed by atoms with E-state index in [1.54, 1.807) is 26.1 Å². The Morgan fingerprint density at radius 3 is 2.62 bits per heavy atom. The van der Waals surface area contributed by atoms with Crippen LogP contribution in [0.3, 0.4) is 0 Å². The standard InChI is InChI=1S/C11H12Cl3NO/c1-7(12)11(16)15(2)6-8-4-3-5-9(13)10(8)14/h3-5,7H,6H2,1-2H3. The van der Waals surface area contributed by atoms with Gasteiger partial charge in [0.05, 0.1) is 10.0 Å². The summed E-state index contributed by atoms with van der Waals surface area (Å²) in [6.07, 6.45) is 0. The summed E-state index contributed by atoms with van der Waals surface area (Å²) in [7, 11) is 1.68. The fourth-order valence-electron chi connectivity index (χ4n) is 1.31. The molecular weight excluding hydrogens is 268 g/mol. The number of hydrogen-bond acceptors (Lipinski definition) is 1. The molecule has 0 saturated carbocycles. The predicted octanol–water partition coefficient (Wildman–Crippen LogP) is 3.58. The van der Waals surface area contributed by atoms with Gasteiger partial charge in [0.1, 0.15) is 5.38 Å². The zero-order valence-electron chi connectivity index (χ0n) is 9.01. The molecule has 0 fully saturated rings. The Labute approximate surface area is 110 Å². The molecule has 5 heteroatoms. The lowest BCUT2D eigenvalue weighted by Gasteiger charge is -2.19. The molecule has 0 aliphatic carbocycles. The molecule has 0 radical (unpaired) electrons. The van der Waals surface area contributed by atoms with Gasteiger partial charge in [-0.1, -0.05) is 35.3 Å². The fraction of sp³-hybridized carbons (Fsp3) is 0.364. The molecule has 1 unspecified atom stereocenters. The van der Waals surface area contributed by atoms with Gasteiger partial charge >= 0.3 is 0 Å². The number of carbonyl (C=O) groups excluding carboxylic acids is 1. The normalized spacial score (nSPS) is 12.3. The molecule has 0 N–H and O–H groups in total. The average molecular weight is 281 g/mol. The lowest BCUT2D eigenvalue weighted by Crippen LogP contribution is -2.31. The number of hydrogen-bond donors (Lipinski definition) is 0. The number of amides is 1. The second-order valence-electron chi connectivity index (χ2n) is 3.52. The molecule has 1 aromatic rings. The Kier molecular flexibility index (Phi) is 4.90. The maximum atomic E-state index is 11.6. The molecule has 0 bridgehead atoms. The molecule has 2 nitrogen and oxygen atoms in total. The quantitative estimate of drug-likeness (QED) is 0.775. The molecule has 88 valence electrons. The SMILES string of the molecule is CC(Cl)C(=O)N(C)Cc1cccc(Cl)c1Cl. The summed E-state index contributed by atoms with van der Waals surface area (Å²) in [5.74, 6) is -0.141. The van der Waals surface area contributed by atoms with Crippen LogP contribution in [0.5, 0.6) is 0 Å². The maximum absolute atomic E-state index is 11.6. The molecular formula is C11H12Cl3NO. The lowest BCUT2D eigenvalue weighted by molar-refractivity contribution is -0.129. The minimum Gasteiger partial charge on any atom is -0.340 e. The summed E-state index contributed by atoms with van der Waals surface area (Å²) < 4.78 is 0. The molecule has 16 heavy (non-hydrogen) atoms. The third-order valence-electron chi connectivity index (χ3n) is 2.16. The van der Waals surface area contributed by atoms with E-state index in [9.17, 15) is 4.79 Å². The van der Waals surface area contributed by atoms with Crippen molar-refractivity contribution >= 4 is 40.7 Å². The van der Waals surface area contributed by atoms with E-state index in [2.05, 4.69) is 0 Å². The zero-order valence-corrected chi connectivity index (χ0v) is 11.3. The zero-order chi connectivity index (χ0) is 12.3. The Hall–Kier alpha value is -0.440. The summed E-state index contributed by atoms with van der Waals surface area (Å²) in [5, 5.41) is 0.424. The second kappa shape index (κ2) is 5.76. The van der Waals surface area contributed by atoms with Crippen LogP contribution in [0.4, 0.5) is 0 Å². The van der Waals surface area contributed by atoms with Crippen LogP contribution in [0.15, 0.2) is 18.2 Å². The van der Waals surface area contributed by atoms with Gasteiger partial charge in [0.2, 0.25) is 5.91 Å². The minimum atomic E-state index is -0.539. The molecule has 1 atom stereocenters. The Morgan fingerprint density at radius 2 is 2.06 bits per heavy atom. The first-order valence-electron chi connectivity index (χ1n) is 4.75. The van der Waals surface area contributed by atoms with Crippen molar-refractivity contribution in [1.82, 2.24) is 4.90 Å². The van der Waals surface area contributed by atoms with Crippen molar-refractivity contribution in [2.24, 2.45) is 0 Å². The lowest BCUT2D eigenvalue weighted by atomic mass is 10.2. The fourth-order valence-corrected chi connectivity index (χ4v) is 1.85. The van der Waals surface area contributed by atoms with Crippen LogP contribution < -0.4 is 0 Å². The summed E-state index contributed by atoms with van der Waals surface area (Å²) in [6, 6.07) is 5.34. The van der Waals surface area contributed by atoms with E-state index < -0.39 is 5.38 Å². The smallest absolute Gasteiger partial charge is 0.240 e. The summed E-state index contributed by atoms with van der Waals surface area (Å²) in [4.78, 5) is 13.1. The van der Waals surface area contributed by atoms with Crippen molar-refractivity contribution in [2.75, 3.05) is 7.05 Å². The van der Waals surface area contributed by atoms with Gasteiger partial charge in [-0.25, -0.2) is 0 Å². The van der Waals surface area contributed by atoms with Crippen LogP contribution in [0, 0.1) is 0 Å². The molecule has 0 heterocycles. The Balaban J connectivity index is 2.81. The van der Waals surface area contributed by atoms with Crippen molar-refractivity contribution in [2.45, 2.75) is 18.8 Å². The van der Waals surface area contributed by atoms with E-state index in [0.29, 0.717) is 16.6 Å².